The number of H-pyrrole nitrogens is 1. The van der Waals surface area contributed by atoms with Crippen molar-refractivity contribution in [2.24, 2.45) is 0 Å². The molecule has 0 unspecified atom stereocenters. The van der Waals surface area contributed by atoms with Crippen molar-refractivity contribution in [3.05, 3.63) is 44.7 Å². The van der Waals surface area contributed by atoms with Gasteiger partial charge in [-0.1, -0.05) is 11.6 Å². The standard InChI is InChI=1S/C10H7ClIN3O/c11-6-1-2-8(7(12)5-6)14-10(16)9-3-4-13-15-9/h1-5H,(H,13,15)(H,14,16). The second kappa shape index (κ2) is 4.84. The van der Waals surface area contributed by atoms with Crippen molar-refractivity contribution >= 4 is 45.8 Å². The van der Waals surface area contributed by atoms with Gasteiger partial charge in [0.15, 0.2) is 0 Å². The van der Waals surface area contributed by atoms with E-state index in [2.05, 4.69) is 38.1 Å². The third-order valence-electron chi connectivity index (χ3n) is 1.92. The van der Waals surface area contributed by atoms with Crippen LogP contribution in [0.15, 0.2) is 30.5 Å². The van der Waals surface area contributed by atoms with Gasteiger partial charge < -0.3 is 5.32 Å². The Bertz CT molecular complexity index is 513. The smallest absolute Gasteiger partial charge is 0.273 e. The molecule has 82 valence electrons. The van der Waals surface area contributed by atoms with E-state index < -0.39 is 0 Å². The summed E-state index contributed by atoms with van der Waals surface area (Å²) in [6.07, 6.45) is 1.53. The zero-order chi connectivity index (χ0) is 11.5. The van der Waals surface area contributed by atoms with Crippen LogP contribution in [-0.2, 0) is 0 Å². The molecule has 16 heavy (non-hydrogen) atoms. The quantitative estimate of drug-likeness (QED) is 0.821. The van der Waals surface area contributed by atoms with Crippen LogP contribution in [0.3, 0.4) is 0 Å². The zero-order valence-corrected chi connectivity index (χ0v) is 10.9. The first-order valence-corrected chi connectivity index (χ1v) is 5.88. The maximum Gasteiger partial charge on any atom is 0.273 e. The van der Waals surface area contributed by atoms with Gasteiger partial charge in [0.25, 0.3) is 5.91 Å². The fourth-order valence-corrected chi connectivity index (χ4v) is 2.17. The van der Waals surface area contributed by atoms with Crippen LogP contribution < -0.4 is 5.32 Å². The number of aromatic nitrogens is 2. The van der Waals surface area contributed by atoms with E-state index in [1.54, 1.807) is 24.3 Å². The molecule has 0 bridgehead atoms. The largest absolute Gasteiger partial charge is 0.320 e. The maximum atomic E-state index is 11.7. The Hall–Kier alpha value is -1.08. The number of hydrogen-bond acceptors (Lipinski definition) is 2. The Kier molecular flexibility index (Phi) is 3.45. The fraction of sp³-hybridized carbons (Fsp3) is 0. The molecule has 0 spiro atoms. The highest BCUT2D eigenvalue weighted by molar-refractivity contribution is 14.1. The average molecular weight is 348 g/mol. The predicted molar refractivity (Wildman–Crippen MR) is 70.7 cm³/mol. The first-order chi connectivity index (χ1) is 7.66. The number of benzene rings is 1. The van der Waals surface area contributed by atoms with Gasteiger partial charge >= 0.3 is 0 Å². The number of amides is 1. The third kappa shape index (κ3) is 2.53. The normalized spacial score (nSPS) is 10.1. The van der Waals surface area contributed by atoms with Crippen LogP contribution >= 0.6 is 34.2 Å². The van der Waals surface area contributed by atoms with Gasteiger partial charge in [0.2, 0.25) is 0 Å². The molecule has 0 aliphatic carbocycles. The van der Waals surface area contributed by atoms with Crippen molar-refractivity contribution in [1.82, 2.24) is 10.2 Å². The van der Waals surface area contributed by atoms with Crippen LogP contribution in [0.2, 0.25) is 5.02 Å². The van der Waals surface area contributed by atoms with Crippen molar-refractivity contribution in [2.45, 2.75) is 0 Å². The van der Waals surface area contributed by atoms with E-state index in [4.69, 9.17) is 11.6 Å². The summed E-state index contributed by atoms with van der Waals surface area (Å²) in [4.78, 5) is 11.7. The van der Waals surface area contributed by atoms with Gasteiger partial charge in [-0.2, -0.15) is 5.10 Å². The molecule has 0 aliphatic rings. The van der Waals surface area contributed by atoms with Crippen LogP contribution in [0, 0.1) is 3.57 Å². The van der Waals surface area contributed by atoms with Crippen LogP contribution in [-0.4, -0.2) is 16.1 Å². The molecule has 1 aromatic heterocycles. The summed E-state index contributed by atoms with van der Waals surface area (Å²) in [5.74, 6) is -0.224. The summed E-state index contributed by atoms with van der Waals surface area (Å²) in [5, 5.41) is 9.72. The molecule has 2 rings (SSSR count). The number of hydrogen-bond donors (Lipinski definition) is 2. The second-order valence-corrected chi connectivity index (χ2v) is 4.65. The van der Waals surface area contributed by atoms with Crippen LogP contribution in [0.5, 0.6) is 0 Å². The SMILES string of the molecule is O=C(Nc1ccc(Cl)cc1I)c1ccn[nH]1. The predicted octanol–water partition coefficient (Wildman–Crippen LogP) is 2.92. The third-order valence-corrected chi connectivity index (χ3v) is 3.05. The van der Waals surface area contributed by atoms with E-state index in [0.29, 0.717) is 10.7 Å². The van der Waals surface area contributed by atoms with E-state index in [0.717, 1.165) is 9.26 Å². The molecule has 0 radical (unpaired) electrons. The molecule has 0 aliphatic heterocycles. The van der Waals surface area contributed by atoms with E-state index in [1.807, 2.05) is 0 Å². The minimum absolute atomic E-state index is 0.224. The molecule has 2 N–H and O–H groups in total. The highest BCUT2D eigenvalue weighted by Gasteiger charge is 2.09. The van der Waals surface area contributed by atoms with Crippen LogP contribution in [0.1, 0.15) is 10.5 Å². The number of carbonyl (C=O) groups is 1. The lowest BCUT2D eigenvalue weighted by Crippen LogP contribution is -2.13. The summed E-state index contributed by atoms with van der Waals surface area (Å²) in [6, 6.07) is 6.88. The summed E-state index contributed by atoms with van der Waals surface area (Å²) in [6.45, 7) is 0. The Morgan fingerprint density at radius 1 is 1.44 bits per heavy atom. The van der Waals surface area contributed by atoms with E-state index >= 15 is 0 Å². The van der Waals surface area contributed by atoms with Gasteiger partial charge in [0.1, 0.15) is 5.69 Å². The van der Waals surface area contributed by atoms with Gasteiger partial charge in [-0.15, -0.1) is 0 Å². The van der Waals surface area contributed by atoms with Crippen LogP contribution in [0.4, 0.5) is 5.69 Å². The summed E-state index contributed by atoms with van der Waals surface area (Å²) >= 11 is 7.93. The van der Waals surface area contributed by atoms with Gasteiger partial charge in [-0.25, -0.2) is 0 Å². The Balaban J connectivity index is 2.18. The molecule has 4 nitrogen and oxygen atoms in total. The first kappa shape index (κ1) is 11.4. The summed E-state index contributed by atoms with van der Waals surface area (Å²) in [7, 11) is 0. The zero-order valence-electron chi connectivity index (χ0n) is 8.00. The number of nitrogens with zero attached hydrogens (tertiary/aromatic N) is 1. The molecule has 1 heterocycles. The Morgan fingerprint density at radius 3 is 2.88 bits per heavy atom. The Labute approximate surface area is 111 Å². The fourth-order valence-electron chi connectivity index (χ4n) is 1.16. The number of aromatic amines is 1. The molecule has 1 aromatic carbocycles. The summed E-state index contributed by atoms with van der Waals surface area (Å²) in [5.41, 5.74) is 1.15. The number of halogens is 2. The summed E-state index contributed by atoms with van der Waals surface area (Å²) < 4.78 is 0.887. The molecule has 0 saturated heterocycles. The molecule has 1 amide bonds. The van der Waals surface area contributed by atoms with Gasteiger partial charge in [-0.05, 0) is 46.9 Å². The molecule has 0 fully saturated rings. The lowest BCUT2D eigenvalue weighted by molar-refractivity contribution is 0.102. The van der Waals surface area contributed by atoms with Crippen molar-refractivity contribution < 1.29 is 4.79 Å². The maximum absolute atomic E-state index is 11.7. The highest BCUT2D eigenvalue weighted by Crippen LogP contribution is 2.22. The number of nitrogens with one attached hydrogen (secondary N) is 2. The molecular weight excluding hydrogens is 340 g/mol. The molecular formula is C10H7ClIN3O. The van der Waals surface area contributed by atoms with Crippen molar-refractivity contribution in [3.8, 4) is 0 Å². The van der Waals surface area contributed by atoms with E-state index in [9.17, 15) is 4.79 Å². The van der Waals surface area contributed by atoms with Gasteiger partial charge in [-0.3, -0.25) is 9.89 Å². The first-order valence-electron chi connectivity index (χ1n) is 4.42. The Morgan fingerprint density at radius 2 is 2.25 bits per heavy atom. The van der Waals surface area contributed by atoms with Crippen molar-refractivity contribution in [3.63, 3.8) is 0 Å². The molecule has 2 aromatic rings. The van der Waals surface area contributed by atoms with E-state index in [1.165, 1.54) is 6.20 Å². The van der Waals surface area contributed by atoms with Crippen molar-refractivity contribution in [2.75, 3.05) is 5.32 Å². The van der Waals surface area contributed by atoms with Gasteiger partial charge in [0.05, 0.1) is 5.69 Å². The average Bonchev–Trinajstić information content (AvgIpc) is 2.75. The topological polar surface area (TPSA) is 57.8 Å². The second-order valence-electron chi connectivity index (χ2n) is 3.05. The van der Waals surface area contributed by atoms with Crippen LogP contribution in [0.25, 0.3) is 0 Å². The lowest BCUT2D eigenvalue weighted by Gasteiger charge is -2.06. The molecule has 6 heteroatoms. The van der Waals surface area contributed by atoms with E-state index in [-0.39, 0.29) is 5.91 Å². The minimum Gasteiger partial charge on any atom is -0.320 e. The minimum atomic E-state index is -0.224. The number of rotatable bonds is 2. The molecule has 0 saturated carbocycles. The lowest BCUT2D eigenvalue weighted by atomic mass is 10.3. The number of anilines is 1. The molecule has 0 atom stereocenters. The van der Waals surface area contributed by atoms with Crippen molar-refractivity contribution in [1.29, 1.82) is 0 Å². The highest BCUT2D eigenvalue weighted by atomic mass is 127. The van der Waals surface area contributed by atoms with Gasteiger partial charge in [0, 0.05) is 14.8 Å². The number of carbonyl (C=O) groups excluding carboxylic acids is 1. The monoisotopic (exact) mass is 347 g/mol.